The molecule has 0 radical (unpaired) electrons. The first kappa shape index (κ1) is 10.7. The van der Waals surface area contributed by atoms with Crippen molar-refractivity contribution in [2.75, 3.05) is 19.7 Å². The van der Waals surface area contributed by atoms with Crippen LogP contribution in [0, 0.1) is 0 Å². The van der Waals surface area contributed by atoms with Crippen LogP contribution in [-0.4, -0.2) is 51.8 Å². The van der Waals surface area contributed by atoms with Gasteiger partial charge >= 0.3 is 0 Å². The molecule has 17 heavy (non-hydrogen) atoms. The van der Waals surface area contributed by atoms with Gasteiger partial charge in [0, 0.05) is 19.0 Å². The van der Waals surface area contributed by atoms with Crippen LogP contribution in [-0.2, 0) is 4.74 Å². The number of morpholine rings is 1. The molecule has 0 spiro atoms. The summed E-state index contributed by atoms with van der Waals surface area (Å²) in [6, 6.07) is 0. The molecule has 1 unspecified atom stereocenters. The van der Waals surface area contributed by atoms with Crippen molar-refractivity contribution in [2.45, 2.75) is 31.8 Å². The van der Waals surface area contributed by atoms with Crippen LogP contribution < -0.4 is 0 Å². The molecule has 6 heteroatoms. The third kappa shape index (κ3) is 2.17. The van der Waals surface area contributed by atoms with Crippen LogP contribution in [0.4, 0.5) is 0 Å². The van der Waals surface area contributed by atoms with Gasteiger partial charge in [0.2, 0.25) is 5.82 Å². The average Bonchev–Trinajstić information content (AvgIpc) is 3.07. The number of aromatic amines is 1. The molecular weight excluding hydrogens is 220 g/mol. The lowest BCUT2D eigenvalue weighted by molar-refractivity contribution is -0.0128. The summed E-state index contributed by atoms with van der Waals surface area (Å²) in [6.07, 6.45) is 2.39. The first-order chi connectivity index (χ1) is 8.24. The molecule has 1 aromatic rings. The highest BCUT2D eigenvalue weighted by molar-refractivity contribution is 5.90. The highest BCUT2D eigenvalue weighted by Gasteiger charge is 2.30. The molecule has 2 aliphatic rings. The van der Waals surface area contributed by atoms with Gasteiger partial charge in [0.1, 0.15) is 5.82 Å². The third-order valence-electron chi connectivity index (χ3n) is 3.19. The number of aromatic nitrogens is 3. The van der Waals surface area contributed by atoms with E-state index >= 15 is 0 Å². The van der Waals surface area contributed by atoms with Gasteiger partial charge in [-0.15, -0.1) is 5.10 Å². The van der Waals surface area contributed by atoms with E-state index in [2.05, 4.69) is 15.2 Å². The maximum atomic E-state index is 12.1. The van der Waals surface area contributed by atoms with Gasteiger partial charge in [-0.2, -0.15) is 0 Å². The molecule has 1 aliphatic carbocycles. The number of ether oxygens (including phenoxy) is 1. The van der Waals surface area contributed by atoms with Crippen LogP contribution in [0.3, 0.4) is 0 Å². The molecule has 3 rings (SSSR count). The van der Waals surface area contributed by atoms with Crippen LogP contribution >= 0.6 is 0 Å². The Hall–Kier alpha value is -1.43. The molecule has 2 heterocycles. The third-order valence-corrected chi connectivity index (χ3v) is 3.19. The van der Waals surface area contributed by atoms with Gasteiger partial charge in [-0.25, -0.2) is 4.98 Å². The Morgan fingerprint density at radius 3 is 3.06 bits per heavy atom. The van der Waals surface area contributed by atoms with Crippen LogP contribution in [0.15, 0.2) is 0 Å². The van der Waals surface area contributed by atoms with Crippen molar-refractivity contribution in [3.8, 4) is 0 Å². The Kier molecular flexibility index (Phi) is 2.58. The van der Waals surface area contributed by atoms with E-state index < -0.39 is 0 Å². The summed E-state index contributed by atoms with van der Waals surface area (Å²) in [6.45, 7) is 3.79. The second-order valence-electron chi connectivity index (χ2n) is 4.75. The molecule has 0 bridgehead atoms. The van der Waals surface area contributed by atoms with E-state index in [0.29, 0.717) is 31.4 Å². The normalized spacial score (nSPS) is 25.0. The van der Waals surface area contributed by atoms with Gasteiger partial charge in [-0.05, 0) is 19.8 Å². The topological polar surface area (TPSA) is 71.1 Å². The molecule has 1 amide bonds. The van der Waals surface area contributed by atoms with Gasteiger partial charge in [0.25, 0.3) is 5.91 Å². The Labute approximate surface area is 99.4 Å². The van der Waals surface area contributed by atoms with Gasteiger partial charge in [-0.1, -0.05) is 0 Å². The van der Waals surface area contributed by atoms with E-state index in [1.54, 1.807) is 4.90 Å². The number of carbonyl (C=O) groups is 1. The predicted octanol–water partition coefficient (Wildman–Crippen LogP) is 0.543. The largest absolute Gasteiger partial charge is 0.375 e. The second-order valence-corrected chi connectivity index (χ2v) is 4.75. The molecule has 2 fully saturated rings. The maximum absolute atomic E-state index is 12.1. The summed E-state index contributed by atoms with van der Waals surface area (Å²) in [4.78, 5) is 18.2. The Balaban J connectivity index is 1.71. The molecule has 1 N–H and O–H groups in total. The van der Waals surface area contributed by atoms with Gasteiger partial charge in [0.05, 0.1) is 12.7 Å². The summed E-state index contributed by atoms with van der Waals surface area (Å²) in [7, 11) is 0. The minimum absolute atomic E-state index is 0.0922. The fraction of sp³-hybridized carbons (Fsp3) is 0.727. The van der Waals surface area contributed by atoms with E-state index in [4.69, 9.17) is 4.74 Å². The second kappa shape index (κ2) is 4.10. The molecule has 1 aliphatic heterocycles. The van der Waals surface area contributed by atoms with Gasteiger partial charge < -0.3 is 9.64 Å². The van der Waals surface area contributed by atoms with Crippen molar-refractivity contribution in [2.24, 2.45) is 0 Å². The lowest BCUT2D eigenvalue weighted by Crippen LogP contribution is -2.44. The van der Waals surface area contributed by atoms with Crippen molar-refractivity contribution in [1.29, 1.82) is 0 Å². The van der Waals surface area contributed by atoms with Crippen LogP contribution in [0.1, 0.15) is 42.1 Å². The molecular formula is C11H16N4O2. The highest BCUT2D eigenvalue weighted by Crippen LogP contribution is 2.37. The number of nitrogens with zero attached hydrogens (tertiary/aromatic N) is 3. The molecule has 1 aromatic heterocycles. The molecule has 1 atom stereocenters. The van der Waals surface area contributed by atoms with E-state index in [-0.39, 0.29) is 12.0 Å². The molecule has 0 aromatic carbocycles. The van der Waals surface area contributed by atoms with Gasteiger partial charge in [-0.3, -0.25) is 9.89 Å². The molecule has 92 valence electrons. The highest BCUT2D eigenvalue weighted by atomic mass is 16.5. The SMILES string of the molecule is CC1CN(C(=O)c2n[nH]c(C3CC3)n2)CCO1. The van der Waals surface area contributed by atoms with E-state index in [1.807, 2.05) is 6.92 Å². The quantitative estimate of drug-likeness (QED) is 0.813. The Morgan fingerprint density at radius 2 is 2.35 bits per heavy atom. The summed E-state index contributed by atoms with van der Waals surface area (Å²) >= 11 is 0. The van der Waals surface area contributed by atoms with E-state index in [9.17, 15) is 4.79 Å². The lowest BCUT2D eigenvalue weighted by Gasteiger charge is -2.30. The zero-order valence-electron chi connectivity index (χ0n) is 9.85. The molecule has 1 saturated carbocycles. The predicted molar refractivity (Wildman–Crippen MR) is 59.7 cm³/mol. The fourth-order valence-electron chi connectivity index (χ4n) is 2.05. The molecule has 1 saturated heterocycles. The number of hydrogen-bond donors (Lipinski definition) is 1. The van der Waals surface area contributed by atoms with Crippen LogP contribution in [0.5, 0.6) is 0 Å². The van der Waals surface area contributed by atoms with Crippen molar-refractivity contribution in [3.05, 3.63) is 11.6 Å². The first-order valence-electron chi connectivity index (χ1n) is 6.07. The minimum Gasteiger partial charge on any atom is -0.375 e. The average molecular weight is 236 g/mol. The van der Waals surface area contributed by atoms with Gasteiger partial charge in [0.15, 0.2) is 0 Å². The van der Waals surface area contributed by atoms with Crippen molar-refractivity contribution in [1.82, 2.24) is 20.1 Å². The Bertz CT molecular complexity index is 427. The minimum atomic E-state index is -0.0942. The zero-order valence-corrected chi connectivity index (χ0v) is 9.85. The number of rotatable bonds is 2. The van der Waals surface area contributed by atoms with Crippen LogP contribution in [0.25, 0.3) is 0 Å². The zero-order chi connectivity index (χ0) is 11.8. The Morgan fingerprint density at radius 1 is 1.53 bits per heavy atom. The summed E-state index contributed by atoms with van der Waals surface area (Å²) in [5.41, 5.74) is 0. The monoisotopic (exact) mass is 236 g/mol. The summed E-state index contributed by atoms with van der Waals surface area (Å²) < 4.78 is 5.40. The number of nitrogens with one attached hydrogen (secondary N) is 1. The first-order valence-corrected chi connectivity index (χ1v) is 6.07. The smallest absolute Gasteiger partial charge is 0.293 e. The van der Waals surface area contributed by atoms with Crippen molar-refractivity contribution in [3.63, 3.8) is 0 Å². The standard InChI is InChI=1S/C11H16N4O2/c1-7-6-15(4-5-17-7)11(16)10-12-9(13-14-10)8-2-3-8/h7-8H,2-6H2,1H3,(H,12,13,14). The van der Waals surface area contributed by atoms with E-state index in [1.165, 1.54) is 0 Å². The summed E-state index contributed by atoms with van der Waals surface area (Å²) in [5.74, 6) is 1.55. The maximum Gasteiger partial charge on any atom is 0.293 e. The van der Waals surface area contributed by atoms with Crippen molar-refractivity contribution < 1.29 is 9.53 Å². The lowest BCUT2D eigenvalue weighted by atomic mass is 10.3. The summed E-state index contributed by atoms with van der Waals surface area (Å²) in [5, 5.41) is 6.87. The fourth-order valence-corrected chi connectivity index (χ4v) is 2.05. The molecule has 6 nitrogen and oxygen atoms in total. The number of hydrogen-bond acceptors (Lipinski definition) is 4. The number of carbonyl (C=O) groups excluding carboxylic acids is 1. The van der Waals surface area contributed by atoms with E-state index in [0.717, 1.165) is 18.7 Å². The number of H-pyrrole nitrogens is 1. The number of amides is 1. The van der Waals surface area contributed by atoms with Crippen molar-refractivity contribution >= 4 is 5.91 Å². The van der Waals surface area contributed by atoms with Crippen LogP contribution in [0.2, 0.25) is 0 Å².